The standard InChI is InChI=1S/C12H18O7.2H2O/c1-10(2)15-5-6-7(17-10)8-12(16-6,9(13)14)19-11(3,4)18-8;;/h6-8H,5H2,1-4H3,(H,13,14);2*1H2/t6-,7+,8-,12+;;/m0../s1. The first-order valence-electron chi connectivity index (χ1n) is 6.26. The van der Waals surface area contributed by atoms with Crippen LogP contribution in [-0.2, 0) is 28.5 Å². The smallest absolute Gasteiger partial charge is 0.367 e. The minimum absolute atomic E-state index is 0. The lowest BCUT2D eigenvalue weighted by Gasteiger charge is -2.38. The van der Waals surface area contributed by atoms with E-state index in [1.807, 2.05) is 0 Å². The van der Waals surface area contributed by atoms with Gasteiger partial charge in [0.1, 0.15) is 12.2 Å². The van der Waals surface area contributed by atoms with E-state index in [0.717, 1.165) is 0 Å². The monoisotopic (exact) mass is 310 g/mol. The maximum absolute atomic E-state index is 11.6. The Balaban J connectivity index is 0.00000110. The van der Waals surface area contributed by atoms with Crippen LogP contribution in [0.2, 0.25) is 0 Å². The van der Waals surface area contributed by atoms with Crippen molar-refractivity contribution >= 4 is 5.97 Å². The SMILES string of the molecule is CC1(C)OC[C@@H]2O[C@@]3(C(=O)O)OC(C)(C)O[C@H]3[C@@H]2O1.O.O. The first-order chi connectivity index (χ1) is 8.65. The lowest BCUT2D eigenvalue weighted by molar-refractivity contribution is -0.325. The number of hydrogen-bond donors (Lipinski definition) is 1. The van der Waals surface area contributed by atoms with Gasteiger partial charge in [-0.05, 0) is 27.7 Å². The molecule has 21 heavy (non-hydrogen) atoms. The minimum Gasteiger partial charge on any atom is -0.477 e. The Bertz CT molecular complexity index is 421. The molecule has 0 unspecified atom stereocenters. The Morgan fingerprint density at radius 3 is 2.24 bits per heavy atom. The van der Waals surface area contributed by atoms with Crippen LogP contribution in [0.5, 0.6) is 0 Å². The molecule has 3 fully saturated rings. The van der Waals surface area contributed by atoms with Gasteiger partial charge in [0.25, 0.3) is 0 Å². The summed E-state index contributed by atoms with van der Waals surface area (Å²) in [5.74, 6) is -4.85. The van der Waals surface area contributed by atoms with Gasteiger partial charge < -0.3 is 39.7 Å². The molecule has 0 saturated carbocycles. The van der Waals surface area contributed by atoms with Crippen LogP contribution in [-0.4, -0.2) is 64.3 Å². The first kappa shape index (κ1) is 18.2. The molecular formula is C12H22O9. The quantitative estimate of drug-likeness (QED) is 0.641. The molecule has 0 radical (unpaired) electrons. The van der Waals surface area contributed by atoms with Crippen LogP contribution in [0.25, 0.3) is 0 Å². The van der Waals surface area contributed by atoms with E-state index in [4.69, 9.17) is 23.7 Å². The Hall–Kier alpha value is -0.810. The summed E-state index contributed by atoms with van der Waals surface area (Å²) in [5.41, 5.74) is 0. The van der Waals surface area contributed by atoms with Gasteiger partial charge >= 0.3 is 11.8 Å². The highest BCUT2D eigenvalue weighted by molar-refractivity contribution is 5.77. The number of ether oxygens (including phenoxy) is 5. The van der Waals surface area contributed by atoms with Crippen molar-refractivity contribution in [1.29, 1.82) is 0 Å². The van der Waals surface area contributed by atoms with Crippen molar-refractivity contribution in [1.82, 2.24) is 0 Å². The van der Waals surface area contributed by atoms with E-state index in [9.17, 15) is 9.90 Å². The van der Waals surface area contributed by atoms with Crippen LogP contribution in [0.4, 0.5) is 0 Å². The second kappa shape index (κ2) is 5.13. The molecule has 3 aliphatic heterocycles. The molecule has 9 heteroatoms. The minimum atomic E-state index is -1.82. The van der Waals surface area contributed by atoms with Crippen molar-refractivity contribution in [2.45, 2.75) is 63.4 Å². The third-order valence-electron chi connectivity index (χ3n) is 3.49. The lowest BCUT2D eigenvalue weighted by Crippen LogP contribution is -2.52. The third-order valence-corrected chi connectivity index (χ3v) is 3.49. The molecule has 0 bridgehead atoms. The molecule has 4 atom stereocenters. The number of carbonyl (C=O) groups is 1. The number of carboxylic acids is 1. The van der Waals surface area contributed by atoms with Crippen LogP contribution in [0.1, 0.15) is 27.7 Å². The highest BCUT2D eigenvalue weighted by atomic mass is 16.9. The molecule has 0 aliphatic carbocycles. The number of hydrogen-bond acceptors (Lipinski definition) is 6. The van der Waals surface area contributed by atoms with E-state index in [0.29, 0.717) is 0 Å². The second-order valence-corrected chi connectivity index (χ2v) is 5.96. The van der Waals surface area contributed by atoms with E-state index >= 15 is 0 Å². The van der Waals surface area contributed by atoms with Gasteiger partial charge in [-0.25, -0.2) is 4.79 Å². The van der Waals surface area contributed by atoms with E-state index in [2.05, 4.69) is 0 Å². The summed E-state index contributed by atoms with van der Waals surface area (Å²) in [6.45, 7) is 7.09. The van der Waals surface area contributed by atoms with Crippen molar-refractivity contribution in [3.05, 3.63) is 0 Å². The van der Waals surface area contributed by atoms with Crippen LogP contribution in [0.3, 0.4) is 0 Å². The third kappa shape index (κ3) is 2.66. The molecule has 3 aliphatic rings. The highest BCUT2D eigenvalue weighted by Gasteiger charge is 2.71. The van der Waals surface area contributed by atoms with Gasteiger partial charge in [-0.3, -0.25) is 0 Å². The molecule has 3 saturated heterocycles. The van der Waals surface area contributed by atoms with Crippen molar-refractivity contribution in [2.24, 2.45) is 0 Å². The molecular weight excluding hydrogens is 288 g/mol. The van der Waals surface area contributed by atoms with Crippen molar-refractivity contribution in [2.75, 3.05) is 6.61 Å². The fourth-order valence-corrected chi connectivity index (χ4v) is 2.82. The van der Waals surface area contributed by atoms with E-state index in [-0.39, 0.29) is 17.6 Å². The van der Waals surface area contributed by atoms with Gasteiger partial charge in [0.05, 0.1) is 6.61 Å². The fourth-order valence-electron chi connectivity index (χ4n) is 2.82. The summed E-state index contributed by atoms with van der Waals surface area (Å²) in [5, 5.41) is 9.46. The Kier molecular flexibility index (Phi) is 4.45. The van der Waals surface area contributed by atoms with Crippen molar-refractivity contribution in [3.8, 4) is 0 Å². The Morgan fingerprint density at radius 1 is 1.05 bits per heavy atom. The van der Waals surface area contributed by atoms with E-state index in [1.54, 1.807) is 27.7 Å². The number of aliphatic carboxylic acids is 1. The van der Waals surface area contributed by atoms with Crippen LogP contribution < -0.4 is 0 Å². The van der Waals surface area contributed by atoms with Crippen LogP contribution in [0.15, 0.2) is 0 Å². The average Bonchev–Trinajstić information content (AvgIpc) is 2.67. The first-order valence-corrected chi connectivity index (χ1v) is 6.26. The maximum Gasteiger partial charge on any atom is 0.367 e. The van der Waals surface area contributed by atoms with Gasteiger partial charge in [0.2, 0.25) is 0 Å². The van der Waals surface area contributed by atoms with Crippen molar-refractivity contribution < 1.29 is 44.5 Å². The Labute approximate surface area is 121 Å². The number of rotatable bonds is 1. The predicted octanol–water partition coefficient (Wildman–Crippen LogP) is -1.18. The summed E-state index contributed by atoms with van der Waals surface area (Å²) in [4.78, 5) is 11.6. The normalized spacial score (nSPS) is 42.2. The summed E-state index contributed by atoms with van der Waals surface area (Å²) < 4.78 is 28.0. The highest BCUT2D eigenvalue weighted by Crippen LogP contribution is 2.48. The molecule has 9 nitrogen and oxygen atoms in total. The molecule has 3 rings (SSSR count). The van der Waals surface area contributed by atoms with Gasteiger partial charge in [0, 0.05) is 0 Å². The zero-order valence-electron chi connectivity index (χ0n) is 12.3. The molecule has 124 valence electrons. The molecule has 3 heterocycles. The summed E-state index contributed by atoms with van der Waals surface area (Å²) >= 11 is 0. The maximum atomic E-state index is 11.6. The largest absolute Gasteiger partial charge is 0.477 e. The molecule has 0 aromatic carbocycles. The molecule has 0 amide bonds. The van der Waals surface area contributed by atoms with Crippen LogP contribution in [0, 0.1) is 0 Å². The molecule has 0 aromatic heterocycles. The Morgan fingerprint density at radius 2 is 1.67 bits per heavy atom. The predicted molar refractivity (Wildman–Crippen MR) is 67.4 cm³/mol. The number of fused-ring (bicyclic) bond motifs is 3. The lowest BCUT2D eigenvalue weighted by atomic mass is 10.0. The summed E-state index contributed by atoms with van der Waals surface area (Å²) in [6, 6.07) is 0. The van der Waals surface area contributed by atoms with Crippen molar-refractivity contribution in [3.63, 3.8) is 0 Å². The van der Waals surface area contributed by atoms with Gasteiger partial charge in [-0.1, -0.05) is 0 Å². The van der Waals surface area contributed by atoms with Gasteiger partial charge in [-0.15, -0.1) is 0 Å². The second-order valence-electron chi connectivity index (χ2n) is 5.96. The summed E-state index contributed by atoms with van der Waals surface area (Å²) in [7, 11) is 0. The topological polar surface area (TPSA) is 146 Å². The van der Waals surface area contributed by atoms with Gasteiger partial charge in [0.15, 0.2) is 17.7 Å². The van der Waals surface area contributed by atoms with Crippen LogP contribution >= 0.6 is 0 Å². The zero-order valence-corrected chi connectivity index (χ0v) is 12.3. The fraction of sp³-hybridized carbons (Fsp3) is 0.917. The zero-order chi connectivity index (χ0) is 14.1. The average molecular weight is 310 g/mol. The summed E-state index contributed by atoms with van der Waals surface area (Å²) in [6.07, 6.45) is -1.85. The molecule has 0 spiro atoms. The van der Waals surface area contributed by atoms with E-state index < -0.39 is 41.6 Å². The van der Waals surface area contributed by atoms with Gasteiger partial charge in [-0.2, -0.15) is 0 Å². The molecule has 0 aromatic rings. The van der Waals surface area contributed by atoms with E-state index in [1.165, 1.54) is 0 Å². The molecule has 5 N–H and O–H groups in total. The number of carboxylic acid groups (broad SMARTS) is 1.